The molecule has 1 heterocycles. The summed E-state index contributed by atoms with van der Waals surface area (Å²) in [5.74, 6) is 0.262. The molecule has 0 aliphatic rings. The second kappa shape index (κ2) is 6.63. The van der Waals surface area contributed by atoms with Gasteiger partial charge in [0.15, 0.2) is 0 Å². The van der Waals surface area contributed by atoms with Crippen LogP contribution >= 0.6 is 11.6 Å². The topological polar surface area (TPSA) is 51.0 Å². The molecule has 0 amide bonds. The van der Waals surface area contributed by atoms with Gasteiger partial charge in [0, 0.05) is 13.0 Å². The molecule has 0 spiro atoms. The van der Waals surface area contributed by atoms with Gasteiger partial charge in [0.05, 0.1) is 10.6 Å². The standard InChI is InChI=1S/C13H15ClFN3O/c1-2-7-16-8-6-11-17-18-13(19-11)9-4-3-5-10(15)12(9)14/h3-5,16H,2,6-8H2,1H3. The Morgan fingerprint density at radius 1 is 1.32 bits per heavy atom. The predicted molar refractivity (Wildman–Crippen MR) is 71.6 cm³/mol. The van der Waals surface area contributed by atoms with Crippen LogP contribution in [0.3, 0.4) is 0 Å². The van der Waals surface area contributed by atoms with Crippen LogP contribution in [-0.2, 0) is 6.42 Å². The third-order valence-electron chi connectivity index (χ3n) is 2.59. The van der Waals surface area contributed by atoms with Gasteiger partial charge in [-0.25, -0.2) is 4.39 Å². The Kier molecular flexibility index (Phi) is 4.87. The maximum absolute atomic E-state index is 13.3. The average Bonchev–Trinajstić information content (AvgIpc) is 2.87. The van der Waals surface area contributed by atoms with E-state index in [1.807, 2.05) is 0 Å². The molecule has 6 heteroatoms. The van der Waals surface area contributed by atoms with E-state index in [0.29, 0.717) is 17.9 Å². The first-order valence-corrected chi connectivity index (χ1v) is 6.57. The lowest BCUT2D eigenvalue weighted by Crippen LogP contribution is -2.17. The number of nitrogens with zero attached hydrogens (tertiary/aromatic N) is 2. The zero-order valence-electron chi connectivity index (χ0n) is 10.6. The Morgan fingerprint density at radius 3 is 2.95 bits per heavy atom. The molecule has 0 aliphatic heterocycles. The molecular formula is C13H15ClFN3O. The molecule has 0 bridgehead atoms. The summed E-state index contributed by atoms with van der Waals surface area (Å²) in [4.78, 5) is 0. The molecule has 0 fully saturated rings. The van der Waals surface area contributed by atoms with Gasteiger partial charge in [0.25, 0.3) is 0 Å². The number of hydrogen-bond donors (Lipinski definition) is 1. The van der Waals surface area contributed by atoms with Crippen molar-refractivity contribution < 1.29 is 8.81 Å². The second-order valence-electron chi connectivity index (χ2n) is 4.10. The summed E-state index contributed by atoms with van der Waals surface area (Å²) in [5, 5.41) is 11.1. The third kappa shape index (κ3) is 3.52. The molecular weight excluding hydrogens is 269 g/mol. The minimum atomic E-state index is -0.497. The normalized spacial score (nSPS) is 10.9. The Hall–Kier alpha value is -1.46. The Labute approximate surface area is 116 Å². The molecule has 0 radical (unpaired) electrons. The Morgan fingerprint density at radius 2 is 2.16 bits per heavy atom. The molecule has 4 nitrogen and oxygen atoms in total. The highest BCUT2D eigenvalue weighted by Crippen LogP contribution is 2.28. The van der Waals surface area contributed by atoms with Gasteiger partial charge in [-0.2, -0.15) is 0 Å². The molecule has 0 aliphatic carbocycles. The predicted octanol–water partition coefficient (Wildman–Crippen LogP) is 3.07. The highest BCUT2D eigenvalue weighted by molar-refractivity contribution is 6.33. The van der Waals surface area contributed by atoms with E-state index in [4.69, 9.17) is 16.0 Å². The van der Waals surface area contributed by atoms with Gasteiger partial charge in [0.1, 0.15) is 5.82 Å². The van der Waals surface area contributed by atoms with Crippen LogP contribution in [-0.4, -0.2) is 23.3 Å². The summed E-state index contributed by atoms with van der Waals surface area (Å²) in [5.41, 5.74) is 0.418. The van der Waals surface area contributed by atoms with Crippen molar-refractivity contribution in [2.24, 2.45) is 0 Å². The van der Waals surface area contributed by atoms with Crippen molar-refractivity contribution in [3.05, 3.63) is 34.9 Å². The highest BCUT2D eigenvalue weighted by Gasteiger charge is 2.14. The molecule has 102 valence electrons. The summed E-state index contributed by atoms with van der Waals surface area (Å²) in [6.07, 6.45) is 1.72. The third-order valence-corrected chi connectivity index (χ3v) is 2.98. The number of rotatable bonds is 6. The van der Waals surface area contributed by atoms with E-state index in [9.17, 15) is 4.39 Å². The fraction of sp³-hybridized carbons (Fsp3) is 0.385. The van der Waals surface area contributed by atoms with Crippen molar-refractivity contribution in [3.8, 4) is 11.5 Å². The molecule has 1 aromatic carbocycles. The SMILES string of the molecule is CCCNCCc1nnc(-c2cccc(F)c2Cl)o1. The van der Waals surface area contributed by atoms with E-state index >= 15 is 0 Å². The molecule has 0 saturated carbocycles. The highest BCUT2D eigenvalue weighted by atomic mass is 35.5. The van der Waals surface area contributed by atoms with E-state index in [1.165, 1.54) is 6.07 Å². The van der Waals surface area contributed by atoms with Crippen molar-refractivity contribution >= 4 is 11.6 Å². The second-order valence-corrected chi connectivity index (χ2v) is 4.48. The summed E-state index contributed by atoms with van der Waals surface area (Å²) in [6, 6.07) is 4.50. The zero-order chi connectivity index (χ0) is 13.7. The number of halogens is 2. The summed E-state index contributed by atoms with van der Waals surface area (Å²) >= 11 is 5.87. The molecule has 2 rings (SSSR count). The Balaban J connectivity index is 2.06. The van der Waals surface area contributed by atoms with E-state index < -0.39 is 5.82 Å². The van der Waals surface area contributed by atoms with Crippen molar-refractivity contribution in [1.82, 2.24) is 15.5 Å². The fourth-order valence-electron chi connectivity index (χ4n) is 1.63. The molecule has 1 aromatic heterocycles. The molecule has 1 N–H and O–H groups in total. The quantitative estimate of drug-likeness (QED) is 0.828. The first-order valence-electron chi connectivity index (χ1n) is 6.20. The average molecular weight is 284 g/mol. The molecule has 0 unspecified atom stereocenters. The zero-order valence-corrected chi connectivity index (χ0v) is 11.4. The van der Waals surface area contributed by atoms with E-state index in [0.717, 1.165) is 19.5 Å². The number of benzene rings is 1. The lowest BCUT2D eigenvalue weighted by Gasteiger charge is -2.00. The van der Waals surface area contributed by atoms with E-state index in [2.05, 4.69) is 22.4 Å². The van der Waals surface area contributed by atoms with Gasteiger partial charge >= 0.3 is 0 Å². The van der Waals surface area contributed by atoms with Gasteiger partial charge in [-0.1, -0.05) is 24.6 Å². The van der Waals surface area contributed by atoms with Crippen molar-refractivity contribution in [3.63, 3.8) is 0 Å². The van der Waals surface area contributed by atoms with Gasteiger partial charge in [0.2, 0.25) is 11.8 Å². The minimum Gasteiger partial charge on any atom is -0.421 e. The van der Waals surface area contributed by atoms with Crippen LogP contribution in [0.25, 0.3) is 11.5 Å². The summed E-state index contributed by atoms with van der Waals surface area (Å²) in [7, 11) is 0. The number of aromatic nitrogens is 2. The first kappa shape index (κ1) is 14.0. The van der Waals surface area contributed by atoms with E-state index in [-0.39, 0.29) is 10.9 Å². The largest absolute Gasteiger partial charge is 0.421 e. The first-order chi connectivity index (χ1) is 9.22. The summed E-state index contributed by atoms with van der Waals surface area (Å²) in [6.45, 7) is 3.83. The van der Waals surface area contributed by atoms with Crippen LogP contribution in [0.2, 0.25) is 5.02 Å². The minimum absolute atomic E-state index is 0.00167. The van der Waals surface area contributed by atoms with Crippen LogP contribution < -0.4 is 5.32 Å². The molecule has 2 aromatic rings. The molecule has 19 heavy (non-hydrogen) atoms. The number of nitrogens with one attached hydrogen (secondary N) is 1. The smallest absolute Gasteiger partial charge is 0.249 e. The fourth-order valence-corrected chi connectivity index (χ4v) is 1.84. The Bertz CT molecular complexity index is 544. The van der Waals surface area contributed by atoms with Crippen molar-refractivity contribution in [1.29, 1.82) is 0 Å². The van der Waals surface area contributed by atoms with Crippen molar-refractivity contribution in [2.75, 3.05) is 13.1 Å². The lowest BCUT2D eigenvalue weighted by molar-refractivity contribution is 0.494. The van der Waals surface area contributed by atoms with Crippen molar-refractivity contribution in [2.45, 2.75) is 19.8 Å². The monoisotopic (exact) mass is 283 g/mol. The van der Waals surface area contributed by atoms with Gasteiger partial charge in [-0.3, -0.25) is 0 Å². The van der Waals surface area contributed by atoms with Crippen LogP contribution in [0, 0.1) is 5.82 Å². The van der Waals surface area contributed by atoms with Crippen LogP contribution in [0.5, 0.6) is 0 Å². The van der Waals surface area contributed by atoms with Gasteiger partial charge < -0.3 is 9.73 Å². The van der Waals surface area contributed by atoms with Crippen LogP contribution in [0.1, 0.15) is 19.2 Å². The maximum atomic E-state index is 13.3. The molecule has 0 atom stereocenters. The lowest BCUT2D eigenvalue weighted by atomic mass is 10.2. The number of hydrogen-bond acceptors (Lipinski definition) is 4. The molecule has 0 saturated heterocycles. The summed E-state index contributed by atoms with van der Waals surface area (Å²) < 4.78 is 18.8. The van der Waals surface area contributed by atoms with E-state index in [1.54, 1.807) is 12.1 Å². The van der Waals surface area contributed by atoms with Gasteiger partial charge in [-0.15, -0.1) is 10.2 Å². The van der Waals surface area contributed by atoms with Crippen LogP contribution in [0.4, 0.5) is 4.39 Å². The van der Waals surface area contributed by atoms with Gasteiger partial charge in [-0.05, 0) is 25.1 Å². The van der Waals surface area contributed by atoms with Crippen LogP contribution in [0.15, 0.2) is 22.6 Å². The maximum Gasteiger partial charge on any atom is 0.249 e.